The first-order chi connectivity index (χ1) is 15.8. The van der Waals surface area contributed by atoms with Gasteiger partial charge in [-0.3, -0.25) is 14.4 Å². The van der Waals surface area contributed by atoms with Gasteiger partial charge in [-0.25, -0.2) is 4.79 Å². The number of carbonyl (C=O) groups excluding carboxylic acids is 4. The Morgan fingerprint density at radius 3 is 2.21 bits per heavy atom. The molecule has 0 radical (unpaired) electrons. The highest BCUT2D eigenvalue weighted by atomic mass is 32.1. The molecule has 9 nitrogen and oxygen atoms in total. The van der Waals surface area contributed by atoms with E-state index in [9.17, 15) is 19.2 Å². The Kier molecular flexibility index (Phi) is 11.1. The highest BCUT2D eigenvalue weighted by Crippen LogP contribution is 2.25. The molecule has 0 spiro atoms. The van der Waals surface area contributed by atoms with Crippen LogP contribution in [0.5, 0.6) is 0 Å². The van der Waals surface area contributed by atoms with Gasteiger partial charge in [0, 0.05) is 12.3 Å². The summed E-state index contributed by atoms with van der Waals surface area (Å²) in [5.41, 5.74) is 1.57. The van der Waals surface area contributed by atoms with E-state index in [1.807, 2.05) is 19.9 Å². The number of thiol groups is 1. The zero-order valence-corrected chi connectivity index (χ0v) is 21.5. The predicted octanol–water partition coefficient (Wildman–Crippen LogP) is 2.47. The van der Waals surface area contributed by atoms with Crippen molar-refractivity contribution in [3.05, 3.63) is 47.5 Å². The van der Waals surface area contributed by atoms with Crippen LogP contribution in [-0.4, -0.2) is 66.4 Å². The number of amides is 3. The molecule has 1 aromatic rings. The van der Waals surface area contributed by atoms with Crippen LogP contribution in [0.4, 0.5) is 4.79 Å². The smallest absolute Gasteiger partial charge is 0.408 e. The monoisotopic (exact) mass is 493 g/mol. The molecule has 1 rings (SSSR count). The molecule has 10 heteroatoms. The van der Waals surface area contributed by atoms with Gasteiger partial charge < -0.3 is 25.0 Å². The molecule has 0 heterocycles. The molecule has 0 saturated carbocycles. The van der Waals surface area contributed by atoms with Crippen LogP contribution >= 0.6 is 12.6 Å². The van der Waals surface area contributed by atoms with Crippen molar-refractivity contribution >= 4 is 36.5 Å². The first-order valence-corrected chi connectivity index (χ1v) is 11.4. The summed E-state index contributed by atoms with van der Waals surface area (Å²) < 4.78 is 9.85. The Morgan fingerprint density at radius 1 is 1.15 bits per heavy atom. The predicted molar refractivity (Wildman–Crippen MR) is 133 cm³/mol. The fourth-order valence-electron chi connectivity index (χ4n) is 3.27. The van der Waals surface area contributed by atoms with Crippen LogP contribution in [0.3, 0.4) is 0 Å². The minimum Gasteiger partial charge on any atom is -0.468 e. The van der Waals surface area contributed by atoms with E-state index >= 15 is 0 Å². The van der Waals surface area contributed by atoms with Gasteiger partial charge in [-0.2, -0.15) is 12.6 Å². The molecule has 0 aliphatic rings. The fraction of sp³-hybridized carbons (Fsp3) is 0.500. The minimum atomic E-state index is -1.10. The first-order valence-electron chi connectivity index (χ1n) is 10.8. The summed E-state index contributed by atoms with van der Waals surface area (Å²) in [5, 5.41) is 5.04. The molecule has 2 atom stereocenters. The van der Waals surface area contributed by atoms with E-state index in [0.717, 1.165) is 11.1 Å². The molecule has 0 fully saturated rings. The number of carbonyl (C=O) groups is 4. The molecule has 188 valence electrons. The van der Waals surface area contributed by atoms with Crippen LogP contribution in [-0.2, 0) is 23.9 Å². The summed E-state index contributed by atoms with van der Waals surface area (Å²) >= 11 is 4.22. The summed E-state index contributed by atoms with van der Waals surface area (Å²) in [5.74, 6) is -1.80. The van der Waals surface area contributed by atoms with E-state index in [0.29, 0.717) is 5.56 Å². The van der Waals surface area contributed by atoms with Gasteiger partial charge in [0.15, 0.2) is 0 Å². The summed E-state index contributed by atoms with van der Waals surface area (Å²) in [4.78, 5) is 52.0. The second-order valence-corrected chi connectivity index (χ2v) is 9.14. The molecule has 3 amide bonds. The van der Waals surface area contributed by atoms with Crippen molar-refractivity contribution in [3.63, 3.8) is 0 Å². The molecule has 0 bridgehead atoms. The van der Waals surface area contributed by atoms with Crippen molar-refractivity contribution in [1.29, 1.82) is 0 Å². The van der Waals surface area contributed by atoms with Crippen molar-refractivity contribution in [1.82, 2.24) is 15.5 Å². The number of hydrogen-bond acceptors (Lipinski definition) is 7. The van der Waals surface area contributed by atoms with E-state index < -0.39 is 41.6 Å². The molecule has 0 aromatic heterocycles. The Labute approximate surface area is 206 Å². The molecular formula is C24H35N3O6S. The molecule has 34 heavy (non-hydrogen) atoms. The van der Waals surface area contributed by atoms with Crippen molar-refractivity contribution in [2.45, 2.75) is 52.3 Å². The van der Waals surface area contributed by atoms with Gasteiger partial charge in [0.05, 0.1) is 7.11 Å². The van der Waals surface area contributed by atoms with Crippen LogP contribution in [0.1, 0.15) is 43.5 Å². The Bertz CT molecular complexity index is 892. The quantitative estimate of drug-likeness (QED) is 0.262. The van der Waals surface area contributed by atoms with E-state index in [-0.39, 0.29) is 18.8 Å². The van der Waals surface area contributed by atoms with Gasteiger partial charge in [0.25, 0.3) is 0 Å². The third kappa shape index (κ3) is 9.09. The molecule has 0 saturated heterocycles. The number of methoxy groups -OCH3 is 1. The number of esters is 1. The first kappa shape index (κ1) is 29.0. The lowest BCUT2D eigenvalue weighted by atomic mass is 9.98. The standard InChI is InChI=1S/C24H35N3O6S/c1-8-9-27(22(30)18(14-34)26-23(31)33-24(4,5)6)20(21(29)25-13-19(28)32-7)17-11-15(2)10-16(3)12-17/h8,10-12,18,20,34H,1,9,13-14H2,2-7H3,(H,25,29)(H,26,31). The Hall–Kier alpha value is -3.01. The lowest BCUT2D eigenvalue weighted by molar-refractivity contribution is -0.144. The third-order valence-electron chi connectivity index (χ3n) is 4.53. The number of nitrogens with zero attached hydrogens (tertiary/aromatic N) is 1. The van der Waals surface area contributed by atoms with Crippen molar-refractivity contribution in [2.24, 2.45) is 0 Å². The van der Waals surface area contributed by atoms with Gasteiger partial charge in [0.2, 0.25) is 11.8 Å². The van der Waals surface area contributed by atoms with Crippen molar-refractivity contribution in [3.8, 4) is 0 Å². The van der Waals surface area contributed by atoms with Crippen LogP contribution < -0.4 is 10.6 Å². The third-order valence-corrected chi connectivity index (χ3v) is 4.90. The van der Waals surface area contributed by atoms with Crippen LogP contribution in [0.25, 0.3) is 0 Å². The normalized spacial score (nSPS) is 12.7. The Balaban J connectivity index is 3.39. The zero-order valence-electron chi connectivity index (χ0n) is 20.6. The number of hydrogen-bond donors (Lipinski definition) is 3. The summed E-state index contributed by atoms with van der Waals surface area (Å²) in [7, 11) is 1.21. The maximum atomic E-state index is 13.5. The maximum absolute atomic E-state index is 13.5. The topological polar surface area (TPSA) is 114 Å². The molecule has 2 N–H and O–H groups in total. The maximum Gasteiger partial charge on any atom is 0.408 e. The van der Waals surface area contributed by atoms with Crippen LogP contribution in [0.2, 0.25) is 0 Å². The van der Waals surface area contributed by atoms with E-state index in [1.165, 1.54) is 18.1 Å². The molecular weight excluding hydrogens is 458 g/mol. The number of aryl methyl sites for hydroxylation is 2. The van der Waals surface area contributed by atoms with Gasteiger partial charge in [-0.15, -0.1) is 6.58 Å². The summed E-state index contributed by atoms with van der Waals surface area (Å²) in [6.45, 7) is 12.2. The van der Waals surface area contributed by atoms with Crippen molar-refractivity contribution in [2.75, 3.05) is 26.0 Å². The van der Waals surface area contributed by atoms with E-state index in [1.54, 1.807) is 32.9 Å². The average Bonchev–Trinajstić information content (AvgIpc) is 2.73. The van der Waals surface area contributed by atoms with Gasteiger partial charge >= 0.3 is 12.1 Å². The SMILES string of the molecule is C=CCN(C(=O)C(CS)NC(=O)OC(C)(C)C)C(C(=O)NCC(=O)OC)c1cc(C)cc(C)c1. The van der Waals surface area contributed by atoms with E-state index in [2.05, 4.69) is 34.6 Å². The largest absolute Gasteiger partial charge is 0.468 e. The number of alkyl carbamates (subject to hydrolysis) is 1. The Morgan fingerprint density at radius 2 is 1.74 bits per heavy atom. The zero-order chi connectivity index (χ0) is 26.1. The minimum absolute atomic E-state index is 0.00239. The number of ether oxygens (including phenoxy) is 2. The van der Waals surface area contributed by atoms with Crippen LogP contribution in [0.15, 0.2) is 30.9 Å². The number of nitrogens with one attached hydrogen (secondary N) is 2. The number of rotatable bonds is 10. The van der Waals surface area contributed by atoms with Crippen LogP contribution in [0, 0.1) is 13.8 Å². The molecule has 0 aliphatic carbocycles. The molecule has 2 unspecified atom stereocenters. The molecule has 0 aliphatic heterocycles. The highest BCUT2D eigenvalue weighted by molar-refractivity contribution is 7.80. The molecule has 1 aromatic carbocycles. The number of benzene rings is 1. The lowest BCUT2D eigenvalue weighted by Gasteiger charge is -2.33. The fourth-order valence-corrected chi connectivity index (χ4v) is 3.51. The van der Waals surface area contributed by atoms with Gasteiger partial charge in [-0.1, -0.05) is 35.4 Å². The second-order valence-electron chi connectivity index (χ2n) is 8.78. The van der Waals surface area contributed by atoms with Crippen molar-refractivity contribution < 1.29 is 28.7 Å². The highest BCUT2D eigenvalue weighted by Gasteiger charge is 2.35. The average molecular weight is 494 g/mol. The lowest BCUT2D eigenvalue weighted by Crippen LogP contribution is -2.54. The van der Waals surface area contributed by atoms with E-state index in [4.69, 9.17) is 4.74 Å². The summed E-state index contributed by atoms with van der Waals surface area (Å²) in [6.07, 6.45) is 0.695. The second kappa shape index (κ2) is 13.0. The summed E-state index contributed by atoms with van der Waals surface area (Å²) in [6, 6.07) is 3.34. The van der Waals surface area contributed by atoms with Gasteiger partial charge in [-0.05, 0) is 40.2 Å². The van der Waals surface area contributed by atoms with Gasteiger partial charge in [0.1, 0.15) is 24.2 Å².